The van der Waals surface area contributed by atoms with E-state index in [9.17, 15) is 22.4 Å². The van der Waals surface area contributed by atoms with E-state index in [1.807, 2.05) is 0 Å². The largest absolute Gasteiger partial charge is 0.465 e. The van der Waals surface area contributed by atoms with Gasteiger partial charge in [-0.3, -0.25) is 14.5 Å². The number of amides is 1. The van der Waals surface area contributed by atoms with Gasteiger partial charge in [0.05, 0.1) is 31.2 Å². The highest BCUT2D eigenvalue weighted by Gasteiger charge is 2.30. The van der Waals surface area contributed by atoms with Crippen molar-refractivity contribution in [1.82, 2.24) is 14.1 Å². The molecular formula is C19H28FN3O6S. The Kier molecular flexibility index (Phi) is 9.15. The molecule has 1 aliphatic heterocycles. The fraction of sp³-hybridized carbons (Fsp3) is 0.579. The first kappa shape index (κ1) is 24.2. The predicted molar refractivity (Wildman–Crippen MR) is 107 cm³/mol. The zero-order valence-electron chi connectivity index (χ0n) is 17.3. The molecule has 0 radical (unpaired) electrons. The quantitative estimate of drug-likeness (QED) is 0.474. The highest BCUT2D eigenvalue weighted by Crippen LogP contribution is 2.18. The van der Waals surface area contributed by atoms with E-state index >= 15 is 0 Å². The number of sulfonamides is 1. The Morgan fingerprint density at radius 3 is 2.30 bits per heavy atom. The third kappa shape index (κ3) is 6.73. The molecule has 11 heteroatoms. The second kappa shape index (κ2) is 11.3. The maximum absolute atomic E-state index is 13.1. The average Bonchev–Trinajstić information content (AvgIpc) is 2.72. The number of ether oxygens (including phenoxy) is 2. The molecule has 0 saturated carbocycles. The molecule has 9 nitrogen and oxygen atoms in total. The summed E-state index contributed by atoms with van der Waals surface area (Å²) in [5.41, 5.74) is 0. The lowest BCUT2D eigenvalue weighted by molar-refractivity contribution is -0.145. The van der Waals surface area contributed by atoms with Crippen LogP contribution in [0.5, 0.6) is 0 Å². The molecular weight excluding hydrogens is 417 g/mol. The van der Waals surface area contributed by atoms with Gasteiger partial charge < -0.3 is 14.4 Å². The monoisotopic (exact) mass is 445 g/mol. The fourth-order valence-corrected chi connectivity index (χ4v) is 4.47. The molecule has 0 atom stereocenters. The molecule has 0 N–H and O–H groups in total. The molecule has 30 heavy (non-hydrogen) atoms. The number of nitrogens with zero attached hydrogens (tertiary/aromatic N) is 3. The minimum absolute atomic E-state index is 0.00683. The van der Waals surface area contributed by atoms with Gasteiger partial charge in [-0.1, -0.05) is 0 Å². The van der Waals surface area contributed by atoms with Gasteiger partial charge in [-0.25, -0.2) is 12.8 Å². The summed E-state index contributed by atoms with van der Waals surface area (Å²) in [4.78, 5) is 27.6. The molecule has 1 aromatic carbocycles. The Hall–Kier alpha value is -2.08. The molecule has 168 valence electrons. The van der Waals surface area contributed by atoms with Crippen molar-refractivity contribution in [1.29, 1.82) is 0 Å². The Morgan fingerprint density at radius 1 is 1.10 bits per heavy atom. The number of halogens is 1. The van der Waals surface area contributed by atoms with E-state index < -0.39 is 21.8 Å². The van der Waals surface area contributed by atoms with Crippen molar-refractivity contribution < 1.29 is 31.9 Å². The van der Waals surface area contributed by atoms with Crippen LogP contribution in [0.25, 0.3) is 0 Å². The van der Waals surface area contributed by atoms with Crippen LogP contribution in [-0.4, -0.2) is 101 Å². The van der Waals surface area contributed by atoms with E-state index in [1.54, 1.807) is 16.7 Å². The molecule has 1 aliphatic rings. The Labute approximate surface area is 176 Å². The van der Waals surface area contributed by atoms with Crippen LogP contribution in [0.1, 0.15) is 6.92 Å². The van der Waals surface area contributed by atoms with Gasteiger partial charge in [0.25, 0.3) is 0 Å². The second-order valence-corrected chi connectivity index (χ2v) is 8.69. The van der Waals surface area contributed by atoms with Crippen LogP contribution < -0.4 is 0 Å². The van der Waals surface area contributed by atoms with Crippen molar-refractivity contribution in [2.45, 2.75) is 11.8 Å². The zero-order chi connectivity index (χ0) is 22.1. The van der Waals surface area contributed by atoms with E-state index in [-0.39, 0.29) is 56.7 Å². The number of carbonyl (C=O) groups excluding carboxylic acids is 2. The van der Waals surface area contributed by atoms with E-state index in [0.29, 0.717) is 13.2 Å². The van der Waals surface area contributed by atoms with E-state index in [2.05, 4.69) is 0 Å². The van der Waals surface area contributed by atoms with Gasteiger partial charge in [0.15, 0.2) is 0 Å². The molecule has 2 rings (SSSR count). The summed E-state index contributed by atoms with van der Waals surface area (Å²) >= 11 is 0. The van der Waals surface area contributed by atoms with E-state index in [4.69, 9.17) is 9.47 Å². The molecule has 1 fully saturated rings. The van der Waals surface area contributed by atoms with Crippen molar-refractivity contribution in [3.8, 4) is 0 Å². The van der Waals surface area contributed by atoms with Crippen LogP contribution >= 0.6 is 0 Å². The molecule has 1 saturated heterocycles. The van der Waals surface area contributed by atoms with Crippen molar-refractivity contribution in [2.75, 3.05) is 66.1 Å². The number of rotatable bonds is 10. The van der Waals surface area contributed by atoms with Gasteiger partial charge in [-0.2, -0.15) is 4.31 Å². The molecule has 0 spiro atoms. The first-order chi connectivity index (χ1) is 14.3. The average molecular weight is 446 g/mol. The normalized spacial score (nSPS) is 15.4. The minimum atomic E-state index is -3.74. The standard InChI is InChI=1S/C19H28FN3O6S/c1-3-29-19(25)15-21(12-13-28-2)14-18(24)22-8-10-23(11-9-22)30(26,27)17-6-4-16(20)5-7-17/h4-7H,3,8-15H2,1-2H3. The molecule has 0 aromatic heterocycles. The lowest BCUT2D eigenvalue weighted by Gasteiger charge is -2.35. The van der Waals surface area contributed by atoms with Gasteiger partial charge in [-0.15, -0.1) is 0 Å². The number of carbonyl (C=O) groups is 2. The molecule has 1 heterocycles. The van der Waals surface area contributed by atoms with Gasteiger partial charge in [-0.05, 0) is 31.2 Å². The number of hydrogen-bond acceptors (Lipinski definition) is 7. The summed E-state index contributed by atoms with van der Waals surface area (Å²) in [6.07, 6.45) is 0. The maximum Gasteiger partial charge on any atom is 0.320 e. The van der Waals surface area contributed by atoms with Crippen molar-refractivity contribution >= 4 is 21.9 Å². The number of esters is 1. The zero-order valence-corrected chi connectivity index (χ0v) is 18.1. The SMILES string of the molecule is CCOC(=O)CN(CCOC)CC(=O)N1CCN(S(=O)(=O)c2ccc(F)cc2)CC1. The highest BCUT2D eigenvalue weighted by molar-refractivity contribution is 7.89. The van der Waals surface area contributed by atoms with Gasteiger partial charge in [0, 0.05) is 39.8 Å². The maximum atomic E-state index is 13.1. The van der Waals surface area contributed by atoms with Gasteiger partial charge >= 0.3 is 5.97 Å². The Bertz CT molecular complexity index is 810. The highest BCUT2D eigenvalue weighted by atomic mass is 32.2. The van der Waals surface area contributed by atoms with Crippen LogP contribution in [0.3, 0.4) is 0 Å². The van der Waals surface area contributed by atoms with Crippen molar-refractivity contribution in [3.63, 3.8) is 0 Å². The summed E-state index contributed by atoms with van der Waals surface area (Å²) in [5.74, 6) is -1.13. The van der Waals surface area contributed by atoms with Crippen LogP contribution in [-0.2, 0) is 29.1 Å². The van der Waals surface area contributed by atoms with Crippen LogP contribution in [0.15, 0.2) is 29.2 Å². The van der Waals surface area contributed by atoms with Crippen LogP contribution in [0.2, 0.25) is 0 Å². The molecule has 1 aromatic rings. The summed E-state index contributed by atoms with van der Waals surface area (Å²) in [5, 5.41) is 0. The number of methoxy groups -OCH3 is 1. The number of hydrogen-bond donors (Lipinski definition) is 0. The second-order valence-electron chi connectivity index (χ2n) is 6.75. The smallest absolute Gasteiger partial charge is 0.320 e. The van der Waals surface area contributed by atoms with Crippen LogP contribution in [0.4, 0.5) is 4.39 Å². The summed E-state index contributed by atoms with van der Waals surface area (Å²) in [6.45, 7) is 3.44. The van der Waals surface area contributed by atoms with Gasteiger partial charge in [0.2, 0.25) is 15.9 Å². The van der Waals surface area contributed by atoms with Crippen molar-refractivity contribution in [3.05, 3.63) is 30.1 Å². The Morgan fingerprint density at radius 2 is 1.73 bits per heavy atom. The Balaban J connectivity index is 1.93. The lowest BCUT2D eigenvalue weighted by atomic mass is 10.3. The number of piperazine rings is 1. The number of benzene rings is 1. The van der Waals surface area contributed by atoms with Gasteiger partial charge in [0.1, 0.15) is 5.82 Å². The molecule has 0 aliphatic carbocycles. The lowest BCUT2D eigenvalue weighted by Crippen LogP contribution is -2.53. The summed E-state index contributed by atoms with van der Waals surface area (Å²) in [7, 11) is -2.21. The van der Waals surface area contributed by atoms with E-state index in [0.717, 1.165) is 12.1 Å². The molecule has 1 amide bonds. The minimum Gasteiger partial charge on any atom is -0.465 e. The topological polar surface area (TPSA) is 96.5 Å². The third-order valence-electron chi connectivity index (χ3n) is 4.67. The van der Waals surface area contributed by atoms with Crippen LogP contribution in [0, 0.1) is 5.82 Å². The molecule has 0 bridgehead atoms. The predicted octanol–water partition coefficient (Wildman–Crippen LogP) is 0.170. The van der Waals surface area contributed by atoms with E-state index in [1.165, 1.54) is 23.5 Å². The summed E-state index contributed by atoms with van der Waals surface area (Å²) in [6, 6.07) is 4.66. The summed E-state index contributed by atoms with van der Waals surface area (Å²) < 4.78 is 49.7. The molecule has 0 unspecified atom stereocenters. The fourth-order valence-electron chi connectivity index (χ4n) is 3.05. The first-order valence-corrected chi connectivity index (χ1v) is 11.1. The first-order valence-electron chi connectivity index (χ1n) is 9.68. The van der Waals surface area contributed by atoms with Crippen molar-refractivity contribution in [2.24, 2.45) is 0 Å². The third-order valence-corrected chi connectivity index (χ3v) is 6.58.